The Morgan fingerprint density at radius 2 is 1.83 bits per heavy atom. The molecule has 0 aliphatic carbocycles. The number of Topliss-reactive ketones (excluding diaryl/α,β-unsaturated/α-hetero) is 1. The lowest BCUT2D eigenvalue weighted by atomic mass is 9.95. The molecule has 0 amide bonds. The number of nitriles is 1. The minimum Gasteiger partial charge on any atom is -0.456 e. The Balaban J connectivity index is 1.77. The van der Waals surface area contributed by atoms with E-state index in [4.69, 9.17) is 4.74 Å². The molecule has 0 saturated carbocycles. The molecule has 3 aromatic rings. The molecule has 0 fully saturated rings. The van der Waals surface area contributed by atoms with Crippen LogP contribution in [0.4, 0.5) is 0 Å². The summed E-state index contributed by atoms with van der Waals surface area (Å²) in [6, 6.07) is 17.4. The number of ketones is 1. The first kappa shape index (κ1) is 15.4. The molecular formula is C19H13N3O2. The van der Waals surface area contributed by atoms with E-state index in [0.717, 1.165) is 0 Å². The van der Waals surface area contributed by atoms with Gasteiger partial charge in [0.1, 0.15) is 11.5 Å². The quantitative estimate of drug-likeness (QED) is 0.670. The SMILES string of the molecule is N#CC(C(=O)c1ccc(Oc2cccnc2)cc1)c1ccccn1. The Bertz CT molecular complexity index is 857. The predicted molar refractivity (Wildman–Crippen MR) is 87.7 cm³/mol. The van der Waals surface area contributed by atoms with Crippen molar-refractivity contribution in [3.05, 3.63) is 84.4 Å². The van der Waals surface area contributed by atoms with Crippen molar-refractivity contribution < 1.29 is 9.53 Å². The van der Waals surface area contributed by atoms with Crippen LogP contribution in [-0.4, -0.2) is 15.8 Å². The third-order valence-electron chi connectivity index (χ3n) is 3.38. The zero-order valence-electron chi connectivity index (χ0n) is 12.7. The summed E-state index contributed by atoms with van der Waals surface area (Å²) in [6.07, 6.45) is 4.83. The first-order chi connectivity index (χ1) is 11.8. The van der Waals surface area contributed by atoms with Crippen LogP contribution in [0.3, 0.4) is 0 Å². The van der Waals surface area contributed by atoms with E-state index in [-0.39, 0.29) is 5.78 Å². The van der Waals surface area contributed by atoms with Crippen LogP contribution in [0.2, 0.25) is 0 Å². The number of carbonyl (C=O) groups excluding carboxylic acids is 1. The van der Waals surface area contributed by atoms with Crippen LogP contribution >= 0.6 is 0 Å². The third-order valence-corrected chi connectivity index (χ3v) is 3.38. The summed E-state index contributed by atoms with van der Waals surface area (Å²) in [7, 11) is 0. The largest absolute Gasteiger partial charge is 0.456 e. The van der Waals surface area contributed by atoms with Crippen molar-refractivity contribution in [1.82, 2.24) is 9.97 Å². The average molecular weight is 315 g/mol. The number of nitrogens with zero attached hydrogens (tertiary/aromatic N) is 3. The molecule has 0 radical (unpaired) electrons. The van der Waals surface area contributed by atoms with Gasteiger partial charge in [-0.3, -0.25) is 14.8 Å². The van der Waals surface area contributed by atoms with Crippen molar-refractivity contribution >= 4 is 5.78 Å². The van der Waals surface area contributed by atoms with Crippen LogP contribution in [0.5, 0.6) is 11.5 Å². The topological polar surface area (TPSA) is 75.9 Å². The van der Waals surface area contributed by atoms with Crippen LogP contribution < -0.4 is 4.74 Å². The number of pyridine rings is 2. The van der Waals surface area contributed by atoms with E-state index in [2.05, 4.69) is 9.97 Å². The van der Waals surface area contributed by atoms with Crippen LogP contribution in [0.15, 0.2) is 73.2 Å². The molecule has 24 heavy (non-hydrogen) atoms. The maximum atomic E-state index is 12.5. The zero-order chi connectivity index (χ0) is 16.8. The number of aromatic nitrogens is 2. The molecule has 2 heterocycles. The van der Waals surface area contributed by atoms with Gasteiger partial charge in [0, 0.05) is 18.0 Å². The fourth-order valence-electron chi connectivity index (χ4n) is 2.20. The first-order valence-electron chi connectivity index (χ1n) is 7.30. The van der Waals surface area contributed by atoms with E-state index in [1.165, 1.54) is 0 Å². The van der Waals surface area contributed by atoms with Gasteiger partial charge in [-0.25, -0.2) is 0 Å². The van der Waals surface area contributed by atoms with E-state index < -0.39 is 5.92 Å². The Kier molecular flexibility index (Phi) is 4.59. The lowest BCUT2D eigenvalue weighted by molar-refractivity contribution is 0.0977. The number of hydrogen-bond acceptors (Lipinski definition) is 5. The monoisotopic (exact) mass is 315 g/mol. The molecular weight excluding hydrogens is 302 g/mol. The van der Waals surface area contributed by atoms with Crippen LogP contribution in [-0.2, 0) is 0 Å². The van der Waals surface area contributed by atoms with Crippen LogP contribution in [0.1, 0.15) is 22.0 Å². The van der Waals surface area contributed by atoms with Crippen molar-refractivity contribution in [2.24, 2.45) is 0 Å². The summed E-state index contributed by atoms with van der Waals surface area (Å²) in [5, 5.41) is 9.32. The van der Waals surface area contributed by atoms with Crippen molar-refractivity contribution in [1.29, 1.82) is 5.26 Å². The lowest BCUT2D eigenvalue weighted by Crippen LogP contribution is -2.12. The second-order valence-corrected chi connectivity index (χ2v) is 5.00. The molecule has 1 aromatic carbocycles. The van der Waals surface area contributed by atoms with Gasteiger partial charge >= 0.3 is 0 Å². The number of hydrogen-bond donors (Lipinski definition) is 0. The minimum atomic E-state index is -0.920. The fraction of sp³-hybridized carbons (Fsp3) is 0.0526. The summed E-state index contributed by atoms with van der Waals surface area (Å²) in [6.45, 7) is 0. The lowest BCUT2D eigenvalue weighted by Gasteiger charge is -2.09. The van der Waals surface area contributed by atoms with Crippen molar-refractivity contribution in [2.45, 2.75) is 5.92 Å². The molecule has 2 aromatic heterocycles. The number of ether oxygens (including phenoxy) is 1. The normalized spacial score (nSPS) is 11.3. The van der Waals surface area contributed by atoms with E-state index in [1.807, 2.05) is 6.07 Å². The predicted octanol–water partition coefficient (Wildman–Crippen LogP) is 3.76. The molecule has 1 atom stereocenters. The summed E-state index contributed by atoms with van der Waals surface area (Å²) >= 11 is 0. The van der Waals surface area contributed by atoms with Crippen LogP contribution in [0.25, 0.3) is 0 Å². The molecule has 5 heteroatoms. The highest BCUT2D eigenvalue weighted by atomic mass is 16.5. The molecule has 0 N–H and O–H groups in total. The number of rotatable bonds is 5. The maximum absolute atomic E-state index is 12.5. The maximum Gasteiger partial charge on any atom is 0.186 e. The van der Waals surface area contributed by atoms with Crippen molar-refractivity contribution in [3.63, 3.8) is 0 Å². The summed E-state index contributed by atoms with van der Waals surface area (Å²) in [5.74, 6) is -0.00808. The highest BCUT2D eigenvalue weighted by Crippen LogP contribution is 2.23. The van der Waals surface area contributed by atoms with Gasteiger partial charge in [0.15, 0.2) is 11.7 Å². The standard InChI is InChI=1S/C19H13N3O2/c20-12-17(18-5-1-2-11-22-18)19(23)14-6-8-15(9-7-14)24-16-4-3-10-21-13-16/h1-11,13,17H. The zero-order valence-corrected chi connectivity index (χ0v) is 12.7. The Morgan fingerprint density at radius 1 is 1.00 bits per heavy atom. The van der Waals surface area contributed by atoms with Gasteiger partial charge in [-0.15, -0.1) is 0 Å². The molecule has 0 saturated heterocycles. The Labute approximate surface area is 139 Å². The fourth-order valence-corrected chi connectivity index (χ4v) is 2.20. The number of benzene rings is 1. The molecule has 1 unspecified atom stereocenters. The van der Waals surface area contributed by atoms with Gasteiger partial charge in [-0.2, -0.15) is 5.26 Å². The summed E-state index contributed by atoms with van der Waals surface area (Å²) in [5.41, 5.74) is 0.881. The van der Waals surface area contributed by atoms with Gasteiger partial charge in [0.25, 0.3) is 0 Å². The molecule has 0 aliphatic heterocycles. The molecule has 0 bridgehead atoms. The van der Waals surface area contributed by atoms with Gasteiger partial charge in [0.2, 0.25) is 0 Å². The van der Waals surface area contributed by atoms with Crippen LogP contribution in [0, 0.1) is 11.3 Å². The van der Waals surface area contributed by atoms with E-state index in [0.29, 0.717) is 22.8 Å². The molecule has 5 nitrogen and oxygen atoms in total. The molecule has 0 aliphatic rings. The van der Waals surface area contributed by atoms with E-state index in [1.54, 1.807) is 73.2 Å². The average Bonchev–Trinajstić information content (AvgIpc) is 2.65. The van der Waals surface area contributed by atoms with Gasteiger partial charge in [-0.1, -0.05) is 6.07 Å². The summed E-state index contributed by atoms with van der Waals surface area (Å²) in [4.78, 5) is 20.6. The molecule has 3 rings (SSSR count). The smallest absolute Gasteiger partial charge is 0.186 e. The van der Waals surface area contributed by atoms with Crippen molar-refractivity contribution in [3.8, 4) is 17.6 Å². The number of carbonyl (C=O) groups is 1. The second-order valence-electron chi connectivity index (χ2n) is 5.00. The molecule has 116 valence electrons. The van der Waals surface area contributed by atoms with Gasteiger partial charge < -0.3 is 4.74 Å². The van der Waals surface area contributed by atoms with Crippen molar-refractivity contribution in [2.75, 3.05) is 0 Å². The second kappa shape index (κ2) is 7.16. The Hall–Kier alpha value is -3.52. The highest BCUT2D eigenvalue weighted by Gasteiger charge is 2.22. The van der Waals surface area contributed by atoms with Gasteiger partial charge in [0.05, 0.1) is 18.0 Å². The summed E-state index contributed by atoms with van der Waals surface area (Å²) < 4.78 is 5.63. The van der Waals surface area contributed by atoms with E-state index in [9.17, 15) is 10.1 Å². The molecule has 0 spiro atoms. The first-order valence-corrected chi connectivity index (χ1v) is 7.30. The van der Waals surface area contributed by atoms with Gasteiger partial charge in [-0.05, 0) is 48.5 Å². The Morgan fingerprint density at radius 3 is 2.46 bits per heavy atom. The highest BCUT2D eigenvalue weighted by molar-refractivity contribution is 6.02. The minimum absolute atomic E-state index is 0.288. The van der Waals surface area contributed by atoms with E-state index >= 15 is 0 Å². The third kappa shape index (κ3) is 3.45.